The van der Waals surface area contributed by atoms with Crippen LogP contribution in [-0.2, 0) is 17.8 Å². The Balaban J connectivity index is 1.60. The predicted molar refractivity (Wildman–Crippen MR) is 122 cm³/mol. The van der Waals surface area contributed by atoms with Crippen LogP contribution in [0.2, 0.25) is 0 Å². The topological polar surface area (TPSA) is 56.2 Å². The molecule has 0 fully saturated rings. The summed E-state index contributed by atoms with van der Waals surface area (Å²) in [6.07, 6.45) is 5.87. The van der Waals surface area contributed by atoms with Crippen molar-refractivity contribution in [2.75, 3.05) is 13.2 Å². The highest BCUT2D eigenvalue weighted by Crippen LogP contribution is 2.21. The molecule has 0 unspecified atom stereocenters. The van der Waals surface area contributed by atoms with E-state index >= 15 is 0 Å². The van der Waals surface area contributed by atoms with Gasteiger partial charge in [-0.15, -0.1) is 0 Å². The van der Waals surface area contributed by atoms with E-state index in [-0.39, 0.29) is 5.91 Å². The maximum absolute atomic E-state index is 11.6. The smallest absolute Gasteiger partial charge is 0.243 e. The van der Waals surface area contributed by atoms with Crippen LogP contribution in [0.15, 0.2) is 54.6 Å². The number of nitrogens with one attached hydrogen (secondary N) is 1. The van der Waals surface area contributed by atoms with E-state index in [0.717, 1.165) is 48.4 Å². The minimum atomic E-state index is -0.0467. The predicted octanol–water partition coefficient (Wildman–Crippen LogP) is 4.75. The van der Waals surface area contributed by atoms with Crippen LogP contribution in [0.1, 0.15) is 36.7 Å². The summed E-state index contributed by atoms with van der Waals surface area (Å²) in [5, 5.41) is 2.90. The number of aromatic nitrogens is 2. The Labute approximate surface area is 178 Å². The van der Waals surface area contributed by atoms with Crippen LogP contribution in [0.3, 0.4) is 0 Å². The fourth-order valence-corrected chi connectivity index (χ4v) is 3.52. The normalized spacial score (nSPS) is 11.3. The van der Waals surface area contributed by atoms with E-state index in [4.69, 9.17) is 9.72 Å². The first-order chi connectivity index (χ1) is 14.6. The third-order valence-corrected chi connectivity index (χ3v) is 5.27. The summed E-state index contributed by atoms with van der Waals surface area (Å²) in [5.41, 5.74) is 4.61. The number of ether oxygens (including phenoxy) is 1. The third kappa shape index (κ3) is 5.50. The summed E-state index contributed by atoms with van der Waals surface area (Å²) < 4.78 is 8.32. The van der Waals surface area contributed by atoms with Crippen molar-refractivity contribution in [3.05, 3.63) is 71.6 Å². The zero-order valence-corrected chi connectivity index (χ0v) is 18.1. The first-order valence-corrected chi connectivity index (χ1v) is 10.6. The summed E-state index contributed by atoms with van der Waals surface area (Å²) in [6.45, 7) is 8.20. The lowest BCUT2D eigenvalue weighted by Crippen LogP contribution is -2.22. The molecule has 0 radical (unpaired) electrons. The van der Waals surface area contributed by atoms with E-state index in [1.165, 1.54) is 11.1 Å². The van der Waals surface area contributed by atoms with Gasteiger partial charge in [0.1, 0.15) is 11.6 Å². The van der Waals surface area contributed by atoms with Gasteiger partial charge in [-0.2, -0.15) is 0 Å². The van der Waals surface area contributed by atoms with Crippen LogP contribution in [0.25, 0.3) is 11.0 Å². The largest absolute Gasteiger partial charge is 0.493 e. The van der Waals surface area contributed by atoms with Crippen LogP contribution >= 0.6 is 0 Å². The van der Waals surface area contributed by atoms with Crippen molar-refractivity contribution in [2.45, 2.75) is 46.6 Å². The standard InChI is InChI=1S/C25H31N3O2/c1-4-10-25(29)26-16-8-15-24-27-21-12-5-6-13-22(21)28(24)17-9-18-30-23-14-7-11-19(2)20(23)3/h4-7,10-14H,8-9,15-18H2,1-3H3,(H,26,29)/b10-4-. The number of para-hydroxylation sites is 2. The van der Waals surface area contributed by atoms with Crippen molar-refractivity contribution < 1.29 is 9.53 Å². The van der Waals surface area contributed by atoms with Crippen LogP contribution in [0.5, 0.6) is 5.75 Å². The van der Waals surface area contributed by atoms with Gasteiger partial charge in [0.25, 0.3) is 0 Å². The van der Waals surface area contributed by atoms with Crippen molar-refractivity contribution in [3.8, 4) is 5.75 Å². The molecule has 3 rings (SSSR count). The van der Waals surface area contributed by atoms with Crippen molar-refractivity contribution >= 4 is 16.9 Å². The van der Waals surface area contributed by atoms with Gasteiger partial charge in [0.15, 0.2) is 0 Å². The van der Waals surface area contributed by atoms with E-state index in [2.05, 4.69) is 41.9 Å². The van der Waals surface area contributed by atoms with Gasteiger partial charge in [0.2, 0.25) is 5.91 Å². The summed E-state index contributed by atoms with van der Waals surface area (Å²) >= 11 is 0. The quantitative estimate of drug-likeness (QED) is 0.391. The molecule has 3 aromatic rings. The fraction of sp³-hybridized carbons (Fsp3) is 0.360. The molecule has 1 amide bonds. The SMILES string of the molecule is C/C=C\C(=O)NCCCc1nc2ccccc2n1CCCOc1cccc(C)c1C. The molecule has 2 aromatic carbocycles. The molecule has 0 aliphatic carbocycles. The minimum Gasteiger partial charge on any atom is -0.493 e. The lowest BCUT2D eigenvalue weighted by Gasteiger charge is -2.13. The third-order valence-electron chi connectivity index (χ3n) is 5.27. The van der Waals surface area contributed by atoms with Gasteiger partial charge < -0.3 is 14.6 Å². The van der Waals surface area contributed by atoms with E-state index in [0.29, 0.717) is 13.2 Å². The second kappa shape index (κ2) is 10.6. The molecule has 0 aliphatic heterocycles. The number of hydrogen-bond acceptors (Lipinski definition) is 3. The summed E-state index contributed by atoms with van der Waals surface area (Å²) in [7, 11) is 0. The van der Waals surface area contributed by atoms with Crippen molar-refractivity contribution in [2.24, 2.45) is 0 Å². The molecule has 0 atom stereocenters. The lowest BCUT2D eigenvalue weighted by molar-refractivity contribution is -0.116. The van der Waals surface area contributed by atoms with Gasteiger partial charge >= 0.3 is 0 Å². The Hall–Kier alpha value is -3.08. The molecule has 5 heteroatoms. The van der Waals surface area contributed by atoms with Gasteiger partial charge in [0.05, 0.1) is 17.6 Å². The Bertz CT molecular complexity index is 1020. The number of aryl methyl sites for hydroxylation is 3. The average molecular weight is 406 g/mol. The van der Waals surface area contributed by atoms with Gasteiger partial charge in [-0.25, -0.2) is 4.98 Å². The lowest BCUT2D eigenvalue weighted by atomic mass is 10.1. The number of rotatable bonds is 10. The molecule has 1 N–H and O–H groups in total. The fourth-order valence-electron chi connectivity index (χ4n) is 3.52. The van der Waals surface area contributed by atoms with Crippen LogP contribution in [0, 0.1) is 13.8 Å². The molecule has 0 saturated carbocycles. The van der Waals surface area contributed by atoms with Crippen LogP contribution < -0.4 is 10.1 Å². The second-order valence-corrected chi connectivity index (χ2v) is 7.46. The Kier molecular flexibility index (Phi) is 7.66. The van der Waals surface area contributed by atoms with Gasteiger partial charge in [-0.05, 0) is 69.0 Å². The monoisotopic (exact) mass is 405 g/mol. The summed E-state index contributed by atoms with van der Waals surface area (Å²) in [6, 6.07) is 14.4. The molecular weight excluding hydrogens is 374 g/mol. The highest BCUT2D eigenvalue weighted by Gasteiger charge is 2.10. The van der Waals surface area contributed by atoms with Crippen LogP contribution in [-0.4, -0.2) is 28.6 Å². The Morgan fingerprint density at radius 2 is 1.97 bits per heavy atom. The molecular formula is C25H31N3O2. The van der Waals surface area contributed by atoms with Gasteiger partial charge in [-0.3, -0.25) is 4.79 Å². The number of amides is 1. The number of imidazole rings is 1. The molecule has 1 heterocycles. The van der Waals surface area contributed by atoms with Crippen LogP contribution in [0.4, 0.5) is 0 Å². The van der Waals surface area contributed by atoms with Crippen molar-refractivity contribution in [1.82, 2.24) is 14.9 Å². The first kappa shape index (κ1) is 21.6. The molecule has 0 aliphatic rings. The molecule has 0 bridgehead atoms. The van der Waals surface area contributed by atoms with Crippen molar-refractivity contribution in [3.63, 3.8) is 0 Å². The Morgan fingerprint density at radius 1 is 1.13 bits per heavy atom. The zero-order valence-electron chi connectivity index (χ0n) is 18.1. The number of fused-ring (bicyclic) bond motifs is 1. The van der Waals surface area contributed by atoms with Gasteiger partial charge in [0, 0.05) is 19.5 Å². The molecule has 158 valence electrons. The average Bonchev–Trinajstić information content (AvgIpc) is 3.09. The van der Waals surface area contributed by atoms with E-state index in [9.17, 15) is 4.79 Å². The van der Waals surface area contributed by atoms with E-state index < -0.39 is 0 Å². The minimum absolute atomic E-state index is 0.0467. The van der Waals surface area contributed by atoms with Gasteiger partial charge in [-0.1, -0.05) is 30.3 Å². The van der Waals surface area contributed by atoms with Crippen molar-refractivity contribution in [1.29, 1.82) is 0 Å². The highest BCUT2D eigenvalue weighted by molar-refractivity contribution is 5.87. The molecule has 30 heavy (non-hydrogen) atoms. The maximum atomic E-state index is 11.6. The molecule has 5 nitrogen and oxygen atoms in total. The first-order valence-electron chi connectivity index (χ1n) is 10.6. The molecule has 1 aromatic heterocycles. The summed E-state index contributed by atoms with van der Waals surface area (Å²) in [5.74, 6) is 1.97. The number of carbonyl (C=O) groups excluding carboxylic acids is 1. The summed E-state index contributed by atoms with van der Waals surface area (Å²) in [4.78, 5) is 16.4. The number of hydrogen-bond donors (Lipinski definition) is 1. The Morgan fingerprint density at radius 3 is 2.80 bits per heavy atom. The molecule has 0 spiro atoms. The van der Waals surface area contributed by atoms with E-state index in [1.807, 2.05) is 31.2 Å². The number of carbonyl (C=O) groups is 1. The molecule has 0 saturated heterocycles. The zero-order chi connectivity index (χ0) is 21.3. The maximum Gasteiger partial charge on any atom is 0.243 e. The number of nitrogens with zero attached hydrogens (tertiary/aromatic N) is 2. The highest BCUT2D eigenvalue weighted by atomic mass is 16.5. The second-order valence-electron chi connectivity index (χ2n) is 7.46. The number of benzene rings is 2. The van der Waals surface area contributed by atoms with E-state index in [1.54, 1.807) is 12.2 Å². The number of allylic oxidation sites excluding steroid dienone is 1.